The molecule has 0 bridgehead atoms. The molecule has 1 saturated heterocycles. The van der Waals surface area contributed by atoms with E-state index in [0.29, 0.717) is 11.6 Å². The zero-order valence-electron chi connectivity index (χ0n) is 14.2. The summed E-state index contributed by atoms with van der Waals surface area (Å²) in [6.07, 6.45) is 3.21. The Morgan fingerprint density at radius 3 is 3.04 bits per heavy atom. The van der Waals surface area contributed by atoms with Gasteiger partial charge in [0.1, 0.15) is 11.4 Å². The highest BCUT2D eigenvalue weighted by molar-refractivity contribution is 5.93. The molecule has 1 aliphatic heterocycles. The zero-order valence-corrected chi connectivity index (χ0v) is 14.2. The number of fused-ring (bicyclic) bond motifs is 1. The highest BCUT2D eigenvalue weighted by atomic mass is 16.5. The van der Waals surface area contributed by atoms with Crippen molar-refractivity contribution in [2.75, 3.05) is 20.7 Å². The number of aromatic amines is 1. The molecule has 7 nitrogen and oxygen atoms in total. The molecule has 7 heteroatoms. The fourth-order valence-corrected chi connectivity index (χ4v) is 4.01. The Kier molecular flexibility index (Phi) is 3.69. The number of H-pyrrole nitrogens is 1. The van der Waals surface area contributed by atoms with Gasteiger partial charge in [-0.3, -0.25) is 9.89 Å². The minimum absolute atomic E-state index is 0.106. The number of nitrogens with one attached hydrogen (secondary N) is 2. The summed E-state index contributed by atoms with van der Waals surface area (Å²) < 4.78 is 7.77. The van der Waals surface area contributed by atoms with Crippen LogP contribution in [0.1, 0.15) is 16.9 Å². The smallest absolute Gasteiger partial charge is 0.269 e. The summed E-state index contributed by atoms with van der Waals surface area (Å²) in [6, 6.07) is 6.10. The van der Waals surface area contributed by atoms with E-state index in [1.807, 2.05) is 44.0 Å². The molecule has 0 aromatic carbocycles. The largest absolute Gasteiger partial charge is 0.376 e. The predicted octanol–water partition coefficient (Wildman–Crippen LogP) is 0.862. The summed E-state index contributed by atoms with van der Waals surface area (Å²) in [5.74, 6) is 0.307. The number of aromatic nitrogens is 3. The molecule has 1 amide bonds. The zero-order chi connectivity index (χ0) is 16.8. The minimum atomic E-state index is -0.106. The molecule has 128 valence electrons. The van der Waals surface area contributed by atoms with Gasteiger partial charge < -0.3 is 19.5 Å². The number of ether oxygens (including phenoxy) is 1. The second-order valence-corrected chi connectivity index (χ2v) is 6.91. The van der Waals surface area contributed by atoms with Crippen molar-refractivity contribution in [1.29, 1.82) is 0 Å². The number of carbonyl (C=O) groups excluding carboxylic acids is 1. The van der Waals surface area contributed by atoms with E-state index in [2.05, 4.69) is 20.4 Å². The van der Waals surface area contributed by atoms with Crippen molar-refractivity contribution in [1.82, 2.24) is 25.0 Å². The van der Waals surface area contributed by atoms with E-state index in [1.165, 1.54) is 0 Å². The van der Waals surface area contributed by atoms with E-state index in [-0.39, 0.29) is 24.1 Å². The predicted molar refractivity (Wildman–Crippen MR) is 89.6 cm³/mol. The van der Waals surface area contributed by atoms with Gasteiger partial charge in [-0.15, -0.1) is 0 Å². The first-order valence-electron chi connectivity index (χ1n) is 8.32. The van der Waals surface area contributed by atoms with Crippen molar-refractivity contribution in [3.05, 3.63) is 30.1 Å². The normalized spacial score (nSPS) is 28.7. The molecule has 0 spiro atoms. The van der Waals surface area contributed by atoms with Gasteiger partial charge in [0.2, 0.25) is 0 Å². The van der Waals surface area contributed by atoms with Gasteiger partial charge in [-0.05, 0) is 38.7 Å². The van der Waals surface area contributed by atoms with Crippen molar-refractivity contribution in [2.24, 2.45) is 13.0 Å². The SMILES string of the molecule is CN(C)C1C(NC(=O)c2cc(-c3cccn3C)n[nH]2)C2CCOC21. The van der Waals surface area contributed by atoms with Crippen LogP contribution >= 0.6 is 0 Å². The van der Waals surface area contributed by atoms with Crippen LogP contribution in [0.15, 0.2) is 24.4 Å². The molecule has 4 atom stereocenters. The molecule has 2 aromatic rings. The van der Waals surface area contributed by atoms with Crippen molar-refractivity contribution in [3.63, 3.8) is 0 Å². The molecule has 2 fully saturated rings. The summed E-state index contributed by atoms with van der Waals surface area (Å²) in [7, 11) is 6.02. The Labute approximate surface area is 141 Å². The van der Waals surface area contributed by atoms with Gasteiger partial charge in [-0.2, -0.15) is 5.10 Å². The number of nitrogens with zero attached hydrogens (tertiary/aromatic N) is 3. The third kappa shape index (κ3) is 2.35. The van der Waals surface area contributed by atoms with Crippen molar-refractivity contribution >= 4 is 5.91 Å². The Bertz CT molecular complexity index is 750. The van der Waals surface area contributed by atoms with Crippen LogP contribution in [0.25, 0.3) is 11.4 Å². The molecule has 4 unspecified atom stereocenters. The summed E-state index contributed by atoms with van der Waals surface area (Å²) >= 11 is 0. The summed E-state index contributed by atoms with van der Waals surface area (Å²) in [5.41, 5.74) is 2.24. The topological polar surface area (TPSA) is 75.2 Å². The van der Waals surface area contributed by atoms with Crippen LogP contribution in [0.2, 0.25) is 0 Å². The van der Waals surface area contributed by atoms with Crippen LogP contribution in [-0.2, 0) is 11.8 Å². The molecule has 1 aliphatic carbocycles. The number of amides is 1. The van der Waals surface area contributed by atoms with E-state index in [4.69, 9.17) is 4.74 Å². The molecule has 0 radical (unpaired) electrons. The van der Waals surface area contributed by atoms with E-state index in [1.54, 1.807) is 6.07 Å². The van der Waals surface area contributed by atoms with Gasteiger partial charge >= 0.3 is 0 Å². The fraction of sp³-hybridized carbons (Fsp3) is 0.529. The van der Waals surface area contributed by atoms with E-state index >= 15 is 0 Å². The average Bonchev–Trinajstić information content (AvgIpc) is 3.23. The fourth-order valence-electron chi connectivity index (χ4n) is 4.01. The van der Waals surface area contributed by atoms with Gasteiger partial charge in [0.15, 0.2) is 0 Å². The second-order valence-electron chi connectivity index (χ2n) is 6.91. The Morgan fingerprint density at radius 1 is 1.50 bits per heavy atom. The van der Waals surface area contributed by atoms with Crippen LogP contribution in [0.4, 0.5) is 0 Å². The van der Waals surface area contributed by atoms with Crippen molar-refractivity contribution < 1.29 is 9.53 Å². The first-order valence-corrected chi connectivity index (χ1v) is 8.32. The molecule has 4 rings (SSSR count). The number of hydrogen-bond donors (Lipinski definition) is 2. The molecular formula is C17H23N5O2. The minimum Gasteiger partial charge on any atom is -0.376 e. The quantitative estimate of drug-likeness (QED) is 0.872. The van der Waals surface area contributed by atoms with Gasteiger partial charge in [0, 0.05) is 25.8 Å². The Balaban J connectivity index is 1.49. The lowest BCUT2D eigenvalue weighted by Gasteiger charge is -2.50. The third-order valence-corrected chi connectivity index (χ3v) is 5.27. The van der Waals surface area contributed by atoms with E-state index < -0.39 is 0 Å². The van der Waals surface area contributed by atoms with E-state index in [0.717, 1.165) is 24.4 Å². The van der Waals surface area contributed by atoms with Gasteiger partial charge in [0.05, 0.1) is 23.9 Å². The highest BCUT2D eigenvalue weighted by Crippen LogP contribution is 2.41. The average molecular weight is 329 g/mol. The standard InChI is InChI=1S/C17H23N5O2/c1-21(2)15-14(10-6-8-24-16(10)15)18-17(23)12-9-11(19-20-12)13-5-4-7-22(13)3/h4-5,7,9-10,14-16H,6,8H2,1-3H3,(H,18,23)(H,19,20). The lowest BCUT2D eigenvalue weighted by Crippen LogP contribution is -2.69. The van der Waals surface area contributed by atoms with Crippen LogP contribution in [0, 0.1) is 5.92 Å². The monoisotopic (exact) mass is 329 g/mol. The van der Waals surface area contributed by atoms with Crippen LogP contribution in [-0.4, -0.2) is 64.5 Å². The first-order chi connectivity index (χ1) is 11.6. The molecule has 24 heavy (non-hydrogen) atoms. The van der Waals surface area contributed by atoms with Crippen LogP contribution < -0.4 is 5.32 Å². The summed E-state index contributed by atoms with van der Waals surface area (Å²) in [5, 5.41) is 10.3. The molecule has 2 aliphatic rings. The second kappa shape index (κ2) is 5.75. The number of carbonyl (C=O) groups is 1. The maximum Gasteiger partial charge on any atom is 0.269 e. The van der Waals surface area contributed by atoms with Crippen LogP contribution in [0.5, 0.6) is 0 Å². The van der Waals surface area contributed by atoms with Crippen LogP contribution in [0.3, 0.4) is 0 Å². The summed E-state index contributed by atoms with van der Waals surface area (Å²) in [6.45, 7) is 0.785. The lowest BCUT2D eigenvalue weighted by atomic mass is 9.71. The maximum absolute atomic E-state index is 12.6. The number of aryl methyl sites for hydroxylation is 1. The van der Waals surface area contributed by atoms with Crippen molar-refractivity contribution in [3.8, 4) is 11.4 Å². The van der Waals surface area contributed by atoms with Gasteiger partial charge in [0.25, 0.3) is 5.91 Å². The number of rotatable bonds is 4. The highest BCUT2D eigenvalue weighted by Gasteiger charge is 2.55. The van der Waals surface area contributed by atoms with Gasteiger partial charge in [-0.1, -0.05) is 0 Å². The Hall–Kier alpha value is -2.12. The number of likely N-dealkylation sites (N-methyl/N-ethyl adjacent to an activating group) is 1. The van der Waals surface area contributed by atoms with Gasteiger partial charge in [-0.25, -0.2) is 0 Å². The maximum atomic E-state index is 12.6. The summed E-state index contributed by atoms with van der Waals surface area (Å²) in [4.78, 5) is 14.8. The number of hydrogen-bond acceptors (Lipinski definition) is 4. The van der Waals surface area contributed by atoms with E-state index in [9.17, 15) is 4.79 Å². The van der Waals surface area contributed by atoms with Crippen molar-refractivity contribution in [2.45, 2.75) is 24.6 Å². The Morgan fingerprint density at radius 2 is 2.33 bits per heavy atom. The molecule has 2 aromatic heterocycles. The molecule has 3 heterocycles. The lowest BCUT2D eigenvalue weighted by molar-refractivity contribution is -0.0664. The first kappa shape index (κ1) is 15.4. The molecule has 2 N–H and O–H groups in total. The molecule has 1 saturated carbocycles. The molecular weight excluding hydrogens is 306 g/mol. The third-order valence-electron chi connectivity index (χ3n) is 5.27.